The highest BCUT2D eigenvalue weighted by molar-refractivity contribution is 6.04. The van der Waals surface area contributed by atoms with Crippen molar-refractivity contribution in [3.05, 3.63) is 41.1 Å². The first-order chi connectivity index (χ1) is 18.1. The van der Waals surface area contributed by atoms with Crippen LogP contribution in [0.15, 0.2) is 33.9 Å². The number of oxazole rings is 1. The van der Waals surface area contributed by atoms with E-state index in [4.69, 9.17) is 4.42 Å². The number of fused-ring (bicyclic) bond motifs is 7. The highest BCUT2D eigenvalue weighted by Crippen LogP contribution is 2.74. The van der Waals surface area contributed by atoms with Crippen molar-refractivity contribution < 1.29 is 14.0 Å². The number of hydrogen-bond acceptors (Lipinski definition) is 5. The van der Waals surface area contributed by atoms with Crippen LogP contribution in [-0.4, -0.2) is 16.6 Å². The van der Waals surface area contributed by atoms with Gasteiger partial charge in [0, 0.05) is 22.2 Å². The van der Waals surface area contributed by atoms with Crippen molar-refractivity contribution in [3.63, 3.8) is 0 Å². The zero-order valence-corrected chi connectivity index (χ0v) is 25.0. The van der Waals surface area contributed by atoms with Crippen molar-refractivity contribution >= 4 is 11.6 Å². The summed E-state index contributed by atoms with van der Waals surface area (Å²) in [6.07, 6.45) is 12.8. The van der Waals surface area contributed by atoms with E-state index in [9.17, 15) is 14.9 Å². The van der Waals surface area contributed by atoms with Gasteiger partial charge in [-0.2, -0.15) is 5.26 Å². The molecule has 0 amide bonds. The first kappa shape index (κ1) is 26.7. The van der Waals surface area contributed by atoms with E-state index in [0.717, 1.165) is 62.2 Å². The third-order valence-electron chi connectivity index (χ3n) is 13.2. The fourth-order valence-electron chi connectivity index (χ4n) is 10.5. The second-order valence-corrected chi connectivity index (χ2v) is 15.6. The van der Waals surface area contributed by atoms with Crippen molar-refractivity contribution in [2.45, 2.75) is 106 Å². The van der Waals surface area contributed by atoms with E-state index >= 15 is 0 Å². The minimum atomic E-state index is -0.637. The lowest BCUT2D eigenvalue weighted by Gasteiger charge is -2.69. The quantitative estimate of drug-likeness (QED) is 0.378. The van der Waals surface area contributed by atoms with Gasteiger partial charge in [0.25, 0.3) is 0 Å². The van der Waals surface area contributed by atoms with Gasteiger partial charge in [0.05, 0.1) is 11.8 Å². The predicted molar refractivity (Wildman–Crippen MR) is 149 cm³/mol. The van der Waals surface area contributed by atoms with E-state index in [1.165, 1.54) is 0 Å². The topological polar surface area (TPSA) is 84.0 Å². The van der Waals surface area contributed by atoms with Crippen LogP contribution in [0.25, 0.3) is 0 Å². The van der Waals surface area contributed by atoms with Crippen molar-refractivity contribution in [1.29, 1.82) is 5.26 Å². The molecule has 1 aromatic heterocycles. The summed E-state index contributed by atoms with van der Waals surface area (Å²) in [7, 11) is 0. The number of Topliss-reactive ketones (excluding diaryl/α,β-unsaturated/α-hetero) is 1. The molecule has 0 radical (unpaired) electrons. The predicted octanol–water partition coefficient (Wildman–Crippen LogP) is 7.45. The number of rotatable bonds is 1. The smallest absolute Gasteiger partial charge is 0.200 e. The summed E-state index contributed by atoms with van der Waals surface area (Å²) in [5, 5.41) is 9.91. The number of nitriles is 1. The first-order valence-electron chi connectivity index (χ1n) is 14.9. The van der Waals surface area contributed by atoms with E-state index in [1.54, 1.807) is 0 Å². The largest absolute Gasteiger partial charge is 0.445 e. The molecule has 0 N–H and O–H groups in total. The minimum absolute atomic E-state index is 0.0559. The second-order valence-electron chi connectivity index (χ2n) is 15.6. The third-order valence-corrected chi connectivity index (χ3v) is 13.2. The van der Waals surface area contributed by atoms with E-state index in [0.29, 0.717) is 0 Å². The molecule has 5 heteroatoms. The number of allylic oxidation sites excluding steroid dienone is 4. The summed E-state index contributed by atoms with van der Waals surface area (Å²) < 4.78 is 6.09. The van der Waals surface area contributed by atoms with Crippen LogP contribution < -0.4 is 0 Å². The Morgan fingerprint density at radius 2 is 1.69 bits per heavy atom. The second kappa shape index (κ2) is 7.83. The van der Waals surface area contributed by atoms with E-state index in [2.05, 4.69) is 45.7 Å². The van der Waals surface area contributed by atoms with Crippen LogP contribution in [0.4, 0.5) is 0 Å². The van der Waals surface area contributed by atoms with Crippen LogP contribution in [-0.2, 0) is 15.0 Å². The average molecular weight is 529 g/mol. The zero-order chi connectivity index (χ0) is 28.4. The van der Waals surface area contributed by atoms with E-state index in [1.807, 2.05) is 39.1 Å². The van der Waals surface area contributed by atoms with Gasteiger partial charge in [0.15, 0.2) is 17.5 Å². The number of ketones is 2. The molecule has 0 bridgehead atoms. The molecule has 0 saturated heterocycles. The Labute approximate surface area is 233 Å². The van der Waals surface area contributed by atoms with Crippen molar-refractivity contribution in [2.75, 3.05) is 0 Å². The molecule has 6 unspecified atom stereocenters. The van der Waals surface area contributed by atoms with Gasteiger partial charge in [0.2, 0.25) is 0 Å². The van der Waals surface area contributed by atoms with Gasteiger partial charge >= 0.3 is 0 Å². The van der Waals surface area contributed by atoms with Crippen LogP contribution in [0.5, 0.6) is 0 Å². The maximum absolute atomic E-state index is 14.5. The summed E-state index contributed by atoms with van der Waals surface area (Å²) in [6, 6.07) is 2.21. The molecule has 5 aliphatic rings. The lowest BCUT2D eigenvalue weighted by Crippen LogP contribution is -2.64. The summed E-state index contributed by atoms with van der Waals surface area (Å²) in [4.78, 5) is 32.4. The number of aryl methyl sites for hydroxylation is 1. The van der Waals surface area contributed by atoms with E-state index < -0.39 is 10.8 Å². The maximum atomic E-state index is 14.5. The minimum Gasteiger partial charge on any atom is -0.445 e. The van der Waals surface area contributed by atoms with Crippen molar-refractivity contribution in [2.24, 2.45) is 44.8 Å². The van der Waals surface area contributed by atoms with Crippen LogP contribution in [0, 0.1) is 63.1 Å². The molecule has 0 spiro atoms. The van der Waals surface area contributed by atoms with Crippen LogP contribution in [0.1, 0.15) is 105 Å². The summed E-state index contributed by atoms with van der Waals surface area (Å²) in [6.45, 7) is 17.6. The number of carbonyl (C=O) groups excluding carboxylic acids is 2. The monoisotopic (exact) mass is 528 g/mol. The van der Waals surface area contributed by atoms with Crippen LogP contribution in [0.2, 0.25) is 0 Å². The Morgan fingerprint density at radius 1 is 1.00 bits per heavy atom. The summed E-state index contributed by atoms with van der Waals surface area (Å²) in [5.74, 6) is 2.11. The van der Waals surface area contributed by atoms with Gasteiger partial charge in [-0.1, -0.05) is 60.1 Å². The lowest BCUT2D eigenvalue weighted by molar-refractivity contribution is -0.166. The Balaban J connectivity index is 1.48. The molecule has 0 aromatic carbocycles. The molecule has 5 nitrogen and oxygen atoms in total. The fourth-order valence-corrected chi connectivity index (χ4v) is 10.5. The third kappa shape index (κ3) is 3.21. The molecule has 6 rings (SSSR count). The number of aromatic nitrogens is 1. The van der Waals surface area contributed by atoms with Gasteiger partial charge in [-0.25, -0.2) is 4.98 Å². The molecule has 5 aliphatic carbocycles. The number of hydrogen-bond donors (Lipinski definition) is 0. The molecule has 1 aromatic rings. The zero-order valence-electron chi connectivity index (χ0n) is 25.0. The Morgan fingerprint density at radius 3 is 2.33 bits per heavy atom. The van der Waals surface area contributed by atoms with E-state index in [-0.39, 0.29) is 56.6 Å². The van der Waals surface area contributed by atoms with Gasteiger partial charge in [-0.05, 0) is 86.0 Å². The van der Waals surface area contributed by atoms with Crippen LogP contribution in [0.3, 0.4) is 0 Å². The normalized spacial score (nSPS) is 46.6. The molecule has 39 heavy (non-hydrogen) atoms. The molecular weight excluding hydrogens is 484 g/mol. The van der Waals surface area contributed by atoms with Crippen LogP contribution >= 0.6 is 0 Å². The molecule has 208 valence electrons. The Kier molecular flexibility index (Phi) is 5.37. The molecule has 0 aliphatic heterocycles. The standard InChI is InChI=1S/C34H44N2O3/c1-20-19-36-28(39-20)31(5)12-11-30(4)13-14-34(8)26(22(30)17-31)23(37)15-25-32(6)16-21(18-35)27(38)29(2,3)24(32)9-10-33(25,34)7/h15-16,19,22,24,26H,9-14,17H2,1-8H3/t22?,24?,26?,30?,31-,32?,33?,34+/m0/s1. The van der Waals surface area contributed by atoms with Gasteiger partial charge in [-0.15, -0.1) is 0 Å². The number of carbonyl (C=O) groups is 2. The molecule has 8 atom stereocenters. The lowest BCUT2D eigenvalue weighted by atomic mass is 9.34. The van der Waals surface area contributed by atoms with Gasteiger partial charge in [0.1, 0.15) is 11.8 Å². The maximum Gasteiger partial charge on any atom is 0.200 e. The highest BCUT2D eigenvalue weighted by Gasteiger charge is 2.69. The first-order valence-corrected chi connectivity index (χ1v) is 14.9. The van der Waals surface area contributed by atoms with Gasteiger partial charge < -0.3 is 4.42 Å². The molecule has 1 heterocycles. The van der Waals surface area contributed by atoms with Crippen molar-refractivity contribution in [3.8, 4) is 6.07 Å². The van der Waals surface area contributed by atoms with Crippen molar-refractivity contribution in [1.82, 2.24) is 4.98 Å². The SMILES string of the molecule is Cc1cnc([C@@]2(C)CCC3(C)CC[C@]4(C)C(C(=O)C=C5C6(C)C=C(C#N)C(=O)C(C)(C)C6CCC54C)C3C2)o1. The summed E-state index contributed by atoms with van der Waals surface area (Å²) in [5.41, 5.74) is -0.139. The Bertz CT molecular complexity index is 1390. The molecule has 3 saturated carbocycles. The molecular formula is C34H44N2O3. The molecule has 3 fully saturated rings. The average Bonchev–Trinajstić information content (AvgIpc) is 3.31. The number of nitrogens with zero attached hydrogens (tertiary/aromatic N) is 2. The van der Waals surface area contributed by atoms with Gasteiger partial charge in [-0.3, -0.25) is 9.59 Å². The fraction of sp³-hybridized carbons (Fsp3) is 0.706. The summed E-state index contributed by atoms with van der Waals surface area (Å²) >= 11 is 0. The highest BCUT2D eigenvalue weighted by atomic mass is 16.4. The Hall–Kier alpha value is -2.48.